The van der Waals surface area contributed by atoms with Crippen LogP contribution in [0.5, 0.6) is 0 Å². The maximum atomic E-state index is 9.05. The summed E-state index contributed by atoms with van der Waals surface area (Å²) in [6.07, 6.45) is 6.47. The zero-order chi connectivity index (χ0) is 8.10. The van der Waals surface area contributed by atoms with Gasteiger partial charge < -0.3 is 5.11 Å². The number of hydrogen-bond donors (Lipinski definition) is 1. The summed E-state index contributed by atoms with van der Waals surface area (Å²) in [5.74, 6) is 2.56. The van der Waals surface area contributed by atoms with E-state index in [1.54, 1.807) is 5.06 Å². The average molecular weight is 155 g/mol. The molecule has 0 aliphatic carbocycles. The van der Waals surface area contributed by atoms with Crippen molar-refractivity contribution in [2.45, 2.75) is 18.9 Å². The van der Waals surface area contributed by atoms with Crippen molar-refractivity contribution in [2.75, 3.05) is 19.7 Å². The molecule has 1 aliphatic heterocycles. The Bertz CT molecular complexity index is 153. The van der Waals surface area contributed by atoms with E-state index >= 15 is 0 Å². The zero-order valence-corrected chi connectivity index (χ0v) is 6.49. The van der Waals surface area contributed by atoms with Crippen LogP contribution in [0.1, 0.15) is 12.8 Å². The summed E-state index contributed by atoms with van der Waals surface area (Å²) >= 11 is 0. The van der Waals surface area contributed by atoms with Crippen molar-refractivity contribution >= 4 is 0 Å². The molecule has 1 aliphatic rings. The fourth-order valence-electron chi connectivity index (χ4n) is 1.05. The van der Waals surface area contributed by atoms with Crippen molar-refractivity contribution in [3.63, 3.8) is 0 Å². The summed E-state index contributed by atoms with van der Waals surface area (Å²) in [6.45, 7) is 1.86. The van der Waals surface area contributed by atoms with E-state index in [0.717, 1.165) is 19.4 Å². The van der Waals surface area contributed by atoms with Gasteiger partial charge in [0, 0.05) is 13.0 Å². The number of β-amino-alcohol motifs (C(OH)–C–C–N with tert-alkyl or cyclic N) is 1. The Morgan fingerprint density at radius 3 is 3.09 bits per heavy atom. The molecule has 1 atom stereocenters. The Hall–Kier alpha value is -0.560. The first-order valence-corrected chi connectivity index (χ1v) is 3.82. The highest BCUT2D eigenvalue weighted by atomic mass is 16.7. The van der Waals surface area contributed by atoms with Crippen LogP contribution in [0.15, 0.2) is 0 Å². The van der Waals surface area contributed by atoms with Gasteiger partial charge in [-0.25, -0.2) is 0 Å². The Morgan fingerprint density at radius 2 is 2.55 bits per heavy atom. The van der Waals surface area contributed by atoms with Crippen molar-refractivity contribution in [1.82, 2.24) is 5.06 Å². The van der Waals surface area contributed by atoms with Gasteiger partial charge in [0.05, 0.1) is 19.3 Å². The van der Waals surface area contributed by atoms with Gasteiger partial charge in [0.2, 0.25) is 0 Å². The minimum atomic E-state index is -0.319. The molecule has 1 rings (SSSR count). The molecule has 3 nitrogen and oxygen atoms in total. The highest BCUT2D eigenvalue weighted by Crippen LogP contribution is 2.05. The van der Waals surface area contributed by atoms with E-state index in [9.17, 15) is 0 Å². The number of hydrogen-bond acceptors (Lipinski definition) is 3. The highest BCUT2D eigenvalue weighted by Gasteiger charge is 2.19. The third kappa shape index (κ3) is 2.89. The van der Waals surface area contributed by atoms with E-state index in [1.165, 1.54) is 0 Å². The van der Waals surface area contributed by atoms with Crippen LogP contribution < -0.4 is 0 Å². The van der Waals surface area contributed by atoms with Gasteiger partial charge >= 0.3 is 0 Å². The predicted octanol–water partition coefficient (Wildman–Crippen LogP) is 0.00790. The second kappa shape index (κ2) is 4.35. The second-order valence-corrected chi connectivity index (χ2v) is 2.65. The van der Waals surface area contributed by atoms with Crippen molar-refractivity contribution in [1.29, 1.82) is 0 Å². The van der Waals surface area contributed by atoms with Gasteiger partial charge in [-0.1, -0.05) is 0 Å². The second-order valence-electron chi connectivity index (χ2n) is 2.65. The lowest BCUT2D eigenvalue weighted by molar-refractivity contribution is -0.110. The van der Waals surface area contributed by atoms with Gasteiger partial charge in [-0.2, -0.15) is 5.06 Å². The first kappa shape index (κ1) is 8.54. The zero-order valence-electron chi connectivity index (χ0n) is 6.49. The third-order valence-electron chi connectivity index (χ3n) is 1.59. The van der Waals surface area contributed by atoms with E-state index in [4.69, 9.17) is 16.4 Å². The summed E-state index contributed by atoms with van der Waals surface area (Å²) in [7, 11) is 0. The largest absolute Gasteiger partial charge is 0.389 e. The number of nitrogens with zero attached hydrogens (tertiary/aromatic N) is 1. The summed E-state index contributed by atoms with van der Waals surface area (Å²) in [6, 6.07) is 0. The molecule has 0 radical (unpaired) electrons. The van der Waals surface area contributed by atoms with Crippen LogP contribution >= 0.6 is 0 Å². The van der Waals surface area contributed by atoms with E-state index in [2.05, 4.69) is 5.92 Å². The number of unbranched alkanes of at least 4 members (excludes halogenated alkanes) is 1. The Morgan fingerprint density at radius 1 is 1.73 bits per heavy atom. The van der Waals surface area contributed by atoms with Crippen molar-refractivity contribution < 1.29 is 9.94 Å². The van der Waals surface area contributed by atoms with Gasteiger partial charge in [0.15, 0.2) is 0 Å². The van der Waals surface area contributed by atoms with Crippen LogP contribution in [0.2, 0.25) is 0 Å². The number of aliphatic hydroxyl groups excluding tert-OH is 1. The third-order valence-corrected chi connectivity index (χ3v) is 1.59. The molecule has 0 aromatic carbocycles. The van der Waals surface area contributed by atoms with Gasteiger partial charge in [-0.05, 0) is 6.42 Å². The number of hydroxylamine groups is 2. The van der Waals surface area contributed by atoms with Crippen molar-refractivity contribution in [2.24, 2.45) is 0 Å². The average Bonchev–Trinajstić information content (AvgIpc) is 2.37. The summed E-state index contributed by atoms with van der Waals surface area (Å²) in [5, 5.41) is 10.8. The molecule has 62 valence electrons. The molecular weight excluding hydrogens is 142 g/mol. The quantitative estimate of drug-likeness (QED) is 0.460. The molecule has 0 unspecified atom stereocenters. The van der Waals surface area contributed by atoms with E-state index in [0.29, 0.717) is 13.2 Å². The Kier molecular flexibility index (Phi) is 3.37. The molecule has 0 spiro atoms. The fraction of sp³-hybridized carbons (Fsp3) is 0.750. The van der Waals surface area contributed by atoms with Crippen molar-refractivity contribution in [3.05, 3.63) is 0 Å². The van der Waals surface area contributed by atoms with Crippen LogP contribution in [0.25, 0.3) is 0 Å². The van der Waals surface area contributed by atoms with Crippen LogP contribution in [0.3, 0.4) is 0 Å². The molecule has 1 N–H and O–H groups in total. The standard InChI is InChI=1S/C8H13NO2/c1-2-3-4-5-9-6-8(10)7-11-9/h1,8,10H,3-7H2/t8-/m1/s1. The van der Waals surface area contributed by atoms with E-state index in [1.807, 2.05) is 0 Å². The highest BCUT2D eigenvalue weighted by molar-refractivity contribution is 4.83. The molecule has 11 heavy (non-hydrogen) atoms. The van der Waals surface area contributed by atoms with Crippen molar-refractivity contribution in [3.8, 4) is 12.3 Å². The monoisotopic (exact) mass is 155 g/mol. The number of rotatable bonds is 3. The minimum Gasteiger partial charge on any atom is -0.389 e. The van der Waals surface area contributed by atoms with Crippen LogP contribution in [-0.2, 0) is 4.84 Å². The molecule has 0 saturated carbocycles. The maximum absolute atomic E-state index is 9.05. The first-order chi connectivity index (χ1) is 5.33. The van der Waals surface area contributed by atoms with Gasteiger partial charge in [-0.3, -0.25) is 4.84 Å². The number of terminal acetylenes is 1. The first-order valence-electron chi connectivity index (χ1n) is 3.82. The lowest BCUT2D eigenvalue weighted by atomic mass is 10.3. The molecule has 0 aromatic heterocycles. The van der Waals surface area contributed by atoms with Crippen LogP contribution in [0, 0.1) is 12.3 Å². The predicted molar refractivity (Wildman–Crippen MR) is 41.6 cm³/mol. The number of aliphatic hydroxyl groups is 1. The topological polar surface area (TPSA) is 32.7 Å². The summed E-state index contributed by atoms with van der Waals surface area (Å²) in [4.78, 5) is 5.13. The Balaban J connectivity index is 2.05. The molecule has 0 aromatic rings. The van der Waals surface area contributed by atoms with E-state index in [-0.39, 0.29) is 6.10 Å². The minimum absolute atomic E-state index is 0.319. The van der Waals surface area contributed by atoms with Gasteiger partial charge in [0.25, 0.3) is 0 Å². The van der Waals surface area contributed by atoms with E-state index < -0.39 is 0 Å². The molecular formula is C8H13NO2. The molecule has 0 amide bonds. The lowest BCUT2D eigenvalue weighted by Crippen LogP contribution is -2.21. The van der Waals surface area contributed by atoms with Gasteiger partial charge in [0.1, 0.15) is 0 Å². The van der Waals surface area contributed by atoms with Gasteiger partial charge in [-0.15, -0.1) is 12.3 Å². The molecule has 1 saturated heterocycles. The SMILES string of the molecule is C#CCCCN1C[C@@H](O)CO1. The molecule has 1 heterocycles. The molecule has 0 bridgehead atoms. The Labute approximate surface area is 66.9 Å². The maximum Gasteiger partial charge on any atom is 0.0958 e. The molecule has 1 fully saturated rings. The normalized spacial score (nSPS) is 25.3. The van der Waals surface area contributed by atoms with Crippen LogP contribution in [0.4, 0.5) is 0 Å². The smallest absolute Gasteiger partial charge is 0.0958 e. The van der Waals surface area contributed by atoms with Crippen LogP contribution in [-0.4, -0.2) is 36.0 Å². The summed E-state index contributed by atoms with van der Waals surface area (Å²) < 4.78 is 0. The lowest BCUT2D eigenvalue weighted by Gasteiger charge is -2.11. The molecule has 3 heteroatoms. The summed E-state index contributed by atoms with van der Waals surface area (Å²) in [5.41, 5.74) is 0. The fourth-order valence-corrected chi connectivity index (χ4v) is 1.05.